The van der Waals surface area contributed by atoms with Crippen molar-refractivity contribution < 1.29 is 41.0 Å². The highest BCUT2D eigenvalue weighted by molar-refractivity contribution is 7.93. The predicted octanol–water partition coefficient (Wildman–Crippen LogP) is 3.96. The number of aliphatic hydroxyl groups excluding tert-OH is 1. The fourth-order valence-corrected chi connectivity index (χ4v) is 6.44. The first-order chi connectivity index (χ1) is 16.9. The van der Waals surface area contributed by atoms with Crippen LogP contribution in [0.1, 0.15) is 23.2 Å². The van der Waals surface area contributed by atoms with Gasteiger partial charge in [0.2, 0.25) is 21.7 Å². The van der Waals surface area contributed by atoms with Gasteiger partial charge in [0.25, 0.3) is 0 Å². The number of sulfone groups is 1. The number of hydrogen-bond acceptors (Lipinski definition) is 7. The van der Waals surface area contributed by atoms with Gasteiger partial charge in [0.15, 0.2) is 0 Å². The molecule has 0 bridgehead atoms. The highest BCUT2D eigenvalue weighted by Crippen LogP contribution is 2.48. The SMILES string of the molecule is NC(=O)c1ccccc1-c1cc(S(=O)(=O)c2ccccc2OC(F)(F)F)sc1NC(=O)C1(CO)CC1. The van der Waals surface area contributed by atoms with Gasteiger partial charge >= 0.3 is 6.36 Å². The average molecular weight is 541 g/mol. The molecule has 0 saturated heterocycles. The number of ether oxygens (including phenoxy) is 1. The molecule has 0 radical (unpaired) electrons. The summed E-state index contributed by atoms with van der Waals surface area (Å²) in [6, 6.07) is 11.5. The van der Waals surface area contributed by atoms with E-state index < -0.39 is 54.9 Å². The quantitative estimate of drug-likeness (QED) is 0.396. The molecule has 1 fully saturated rings. The van der Waals surface area contributed by atoms with E-state index in [2.05, 4.69) is 10.1 Å². The maximum atomic E-state index is 13.4. The average Bonchev–Trinajstić information content (AvgIpc) is 3.51. The number of hydrogen-bond donors (Lipinski definition) is 3. The zero-order valence-corrected chi connectivity index (χ0v) is 20.0. The molecule has 13 heteroatoms. The summed E-state index contributed by atoms with van der Waals surface area (Å²) in [5.74, 6) is -2.27. The Morgan fingerprint density at radius 1 is 1.08 bits per heavy atom. The third-order valence-electron chi connectivity index (χ3n) is 5.69. The van der Waals surface area contributed by atoms with Gasteiger partial charge in [-0.3, -0.25) is 9.59 Å². The summed E-state index contributed by atoms with van der Waals surface area (Å²) in [5, 5.41) is 12.2. The van der Waals surface area contributed by atoms with E-state index in [1.165, 1.54) is 24.3 Å². The summed E-state index contributed by atoms with van der Waals surface area (Å²) in [6.45, 7) is -0.412. The number of carbonyl (C=O) groups excluding carboxylic acids is 2. The smallest absolute Gasteiger partial charge is 0.404 e. The maximum Gasteiger partial charge on any atom is 0.573 e. The summed E-state index contributed by atoms with van der Waals surface area (Å²) in [5.41, 5.74) is 4.85. The lowest BCUT2D eigenvalue weighted by molar-refractivity contribution is -0.275. The van der Waals surface area contributed by atoms with Crippen LogP contribution in [0.4, 0.5) is 18.2 Å². The summed E-state index contributed by atoms with van der Waals surface area (Å²) in [7, 11) is -4.57. The molecular formula is C23H19F3N2O6S2. The Morgan fingerprint density at radius 3 is 2.33 bits per heavy atom. The Bertz CT molecular complexity index is 1450. The number of amides is 2. The van der Waals surface area contributed by atoms with Gasteiger partial charge in [0.1, 0.15) is 19.9 Å². The number of nitrogens with two attached hydrogens (primary N) is 1. The van der Waals surface area contributed by atoms with Crippen molar-refractivity contribution >= 4 is 38.0 Å². The molecule has 1 aliphatic carbocycles. The van der Waals surface area contributed by atoms with Crippen molar-refractivity contribution in [1.82, 2.24) is 0 Å². The molecule has 1 heterocycles. The third-order valence-corrected chi connectivity index (χ3v) is 9.00. The standard InChI is InChI=1S/C23H19F3N2O6S2/c24-23(25,26)34-16-7-3-4-8-17(16)36(32,33)18-11-15(13-5-1-2-6-14(13)19(27)30)20(35-18)28-21(31)22(12-29)9-10-22/h1-8,11,29H,9-10,12H2,(H2,27,30)(H,28,31). The van der Waals surface area contributed by atoms with Crippen molar-refractivity contribution in [1.29, 1.82) is 0 Å². The number of alkyl halides is 3. The second-order valence-electron chi connectivity index (χ2n) is 8.11. The number of nitrogens with one attached hydrogen (secondary N) is 1. The van der Waals surface area contributed by atoms with Gasteiger partial charge in [-0.1, -0.05) is 30.3 Å². The van der Waals surface area contributed by atoms with Crippen LogP contribution in [-0.2, 0) is 14.6 Å². The molecule has 190 valence electrons. The van der Waals surface area contributed by atoms with Crippen LogP contribution in [-0.4, -0.2) is 38.3 Å². The van der Waals surface area contributed by atoms with E-state index in [9.17, 15) is 36.3 Å². The Balaban J connectivity index is 1.86. The van der Waals surface area contributed by atoms with Gasteiger partial charge in [-0.05, 0) is 42.7 Å². The van der Waals surface area contributed by atoms with Crippen LogP contribution in [0.5, 0.6) is 5.75 Å². The van der Waals surface area contributed by atoms with Crippen LogP contribution in [0.3, 0.4) is 0 Å². The number of carbonyl (C=O) groups is 2. The van der Waals surface area contributed by atoms with Crippen LogP contribution in [0.25, 0.3) is 11.1 Å². The first-order valence-electron chi connectivity index (χ1n) is 10.4. The number of benzene rings is 2. The molecule has 8 nitrogen and oxygen atoms in total. The number of anilines is 1. The maximum absolute atomic E-state index is 13.4. The molecule has 1 aliphatic rings. The molecule has 1 aromatic heterocycles. The number of aliphatic hydroxyl groups is 1. The number of halogens is 3. The Labute approximate surface area is 207 Å². The summed E-state index contributed by atoms with van der Waals surface area (Å²) in [4.78, 5) is 24.1. The van der Waals surface area contributed by atoms with Gasteiger partial charge in [0.05, 0.1) is 12.0 Å². The zero-order valence-electron chi connectivity index (χ0n) is 18.3. The van der Waals surface area contributed by atoms with Gasteiger partial charge in [-0.2, -0.15) is 0 Å². The van der Waals surface area contributed by atoms with Crippen molar-refractivity contribution in [3.05, 3.63) is 60.2 Å². The largest absolute Gasteiger partial charge is 0.573 e. The van der Waals surface area contributed by atoms with Crippen LogP contribution < -0.4 is 15.8 Å². The molecule has 1 saturated carbocycles. The fraction of sp³-hybridized carbons (Fsp3) is 0.217. The monoisotopic (exact) mass is 540 g/mol. The fourth-order valence-electron chi connectivity index (χ4n) is 3.56. The lowest BCUT2D eigenvalue weighted by atomic mass is 10.0. The van der Waals surface area contributed by atoms with Crippen molar-refractivity contribution in [3.8, 4) is 16.9 Å². The van der Waals surface area contributed by atoms with Crippen LogP contribution in [0, 0.1) is 5.41 Å². The van der Waals surface area contributed by atoms with Gasteiger partial charge in [-0.15, -0.1) is 24.5 Å². The number of primary amides is 1. The number of thiophene rings is 1. The minimum atomic E-state index is -5.13. The molecular weight excluding hydrogens is 521 g/mol. The third kappa shape index (κ3) is 4.94. The molecule has 0 unspecified atom stereocenters. The van der Waals surface area contributed by atoms with E-state index in [-0.39, 0.29) is 21.7 Å². The zero-order chi connectivity index (χ0) is 26.3. The second-order valence-corrected chi connectivity index (χ2v) is 11.3. The molecule has 0 atom stereocenters. The van der Waals surface area contributed by atoms with Crippen molar-refractivity contribution in [2.45, 2.75) is 28.3 Å². The van der Waals surface area contributed by atoms with E-state index in [0.717, 1.165) is 18.2 Å². The van der Waals surface area contributed by atoms with Gasteiger partial charge in [0, 0.05) is 11.1 Å². The Kier molecular flexibility index (Phi) is 6.58. The lowest BCUT2D eigenvalue weighted by Crippen LogP contribution is -2.27. The second kappa shape index (κ2) is 9.22. The summed E-state index contributed by atoms with van der Waals surface area (Å²) >= 11 is 0.595. The molecule has 2 amide bonds. The molecule has 3 aromatic rings. The summed E-state index contributed by atoms with van der Waals surface area (Å²) in [6.07, 6.45) is -4.27. The molecule has 0 aliphatic heterocycles. The molecule has 0 spiro atoms. The number of para-hydroxylation sites is 1. The minimum Gasteiger partial charge on any atom is -0.404 e. The van der Waals surface area contributed by atoms with Crippen molar-refractivity contribution in [2.75, 3.05) is 11.9 Å². The van der Waals surface area contributed by atoms with Gasteiger partial charge < -0.3 is 20.9 Å². The van der Waals surface area contributed by atoms with E-state index >= 15 is 0 Å². The van der Waals surface area contributed by atoms with E-state index in [4.69, 9.17) is 5.73 Å². The van der Waals surface area contributed by atoms with Crippen molar-refractivity contribution in [3.63, 3.8) is 0 Å². The van der Waals surface area contributed by atoms with E-state index in [1.807, 2.05) is 0 Å². The van der Waals surface area contributed by atoms with Crippen LogP contribution >= 0.6 is 11.3 Å². The Hall–Kier alpha value is -3.42. The normalized spacial score (nSPS) is 14.8. The van der Waals surface area contributed by atoms with Crippen molar-refractivity contribution in [2.24, 2.45) is 11.1 Å². The van der Waals surface area contributed by atoms with Gasteiger partial charge in [-0.25, -0.2) is 8.42 Å². The van der Waals surface area contributed by atoms with E-state index in [0.29, 0.717) is 24.2 Å². The minimum absolute atomic E-state index is 0.0289. The first-order valence-corrected chi connectivity index (χ1v) is 12.7. The summed E-state index contributed by atoms with van der Waals surface area (Å²) < 4.78 is 69.0. The molecule has 2 aromatic carbocycles. The van der Waals surface area contributed by atoms with E-state index in [1.54, 1.807) is 12.1 Å². The first kappa shape index (κ1) is 25.7. The lowest BCUT2D eigenvalue weighted by Gasteiger charge is -2.13. The predicted molar refractivity (Wildman–Crippen MR) is 124 cm³/mol. The highest BCUT2D eigenvalue weighted by Gasteiger charge is 2.49. The van der Waals surface area contributed by atoms with Crippen LogP contribution in [0.15, 0.2) is 63.7 Å². The topological polar surface area (TPSA) is 136 Å². The Morgan fingerprint density at radius 2 is 1.72 bits per heavy atom. The molecule has 4 N–H and O–H groups in total. The highest BCUT2D eigenvalue weighted by atomic mass is 32.2. The molecule has 36 heavy (non-hydrogen) atoms. The molecule has 4 rings (SSSR count). The van der Waals surface area contributed by atoms with Crippen LogP contribution in [0.2, 0.25) is 0 Å². The number of rotatable bonds is 8.